The van der Waals surface area contributed by atoms with E-state index >= 15 is 0 Å². The number of amides is 1. The molecule has 4 aromatic rings. The first kappa shape index (κ1) is 20.0. The number of benzene rings is 1. The lowest BCUT2D eigenvalue weighted by Crippen LogP contribution is -2.23. The third kappa shape index (κ3) is 3.94. The molecule has 0 aliphatic rings. The summed E-state index contributed by atoms with van der Waals surface area (Å²) in [5.74, 6) is -0.294. The number of anilines is 1. The van der Waals surface area contributed by atoms with Gasteiger partial charge in [0.25, 0.3) is 5.91 Å². The lowest BCUT2D eigenvalue weighted by Gasteiger charge is -2.12. The minimum Gasteiger partial charge on any atom is -0.467 e. The number of esters is 1. The molecule has 8 nitrogen and oxygen atoms in total. The van der Waals surface area contributed by atoms with E-state index in [9.17, 15) is 14.9 Å². The third-order valence-electron chi connectivity index (χ3n) is 5.05. The van der Waals surface area contributed by atoms with Crippen LogP contribution < -0.4 is 5.32 Å². The van der Waals surface area contributed by atoms with Gasteiger partial charge in [-0.1, -0.05) is 18.2 Å². The summed E-state index contributed by atoms with van der Waals surface area (Å²) in [7, 11) is 0. The second-order valence-corrected chi connectivity index (χ2v) is 6.98. The fourth-order valence-electron chi connectivity index (χ4n) is 3.34. The number of fused-ring (bicyclic) bond motifs is 1. The van der Waals surface area contributed by atoms with Gasteiger partial charge in [-0.2, -0.15) is 5.26 Å². The lowest BCUT2D eigenvalue weighted by atomic mass is 10.2. The van der Waals surface area contributed by atoms with Gasteiger partial charge in [-0.3, -0.25) is 4.79 Å². The average Bonchev–Trinajstić information content (AvgIpc) is 3.48. The number of nitrogens with zero attached hydrogens (tertiary/aromatic N) is 2. The van der Waals surface area contributed by atoms with Crippen LogP contribution >= 0.6 is 0 Å². The summed E-state index contributed by atoms with van der Waals surface area (Å²) in [6, 6.07) is 14.4. The number of hydrogen-bond acceptors (Lipinski definition) is 6. The smallest absolute Gasteiger partial charge is 0.374 e. The minimum atomic E-state index is -0.745. The zero-order valence-electron chi connectivity index (χ0n) is 17.0. The maximum absolute atomic E-state index is 12.5. The van der Waals surface area contributed by atoms with Crippen molar-refractivity contribution in [2.45, 2.75) is 20.4 Å². The van der Waals surface area contributed by atoms with Crippen LogP contribution in [0.1, 0.15) is 33.1 Å². The van der Waals surface area contributed by atoms with Crippen molar-refractivity contribution in [2.75, 3.05) is 11.9 Å². The summed E-state index contributed by atoms with van der Waals surface area (Å²) in [5, 5.41) is 13.0. The van der Waals surface area contributed by atoms with Gasteiger partial charge in [0.1, 0.15) is 23.2 Å². The van der Waals surface area contributed by atoms with Gasteiger partial charge in [0.05, 0.1) is 18.4 Å². The highest BCUT2D eigenvalue weighted by molar-refractivity contribution is 5.96. The number of rotatable bonds is 6. The van der Waals surface area contributed by atoms with Crippen molar-refractivity contribution in [1.82, 2.24) is 4.57 Å². The van der Waals surface area contributed by atoms with E-state index in [2.05, 4.69) is 11.4 Å². The molecule has 3 aromatic heterocycles. The van der Waals surface area contributed by atoms with E-state index in [1.165, 1.54) is 0 Å². The molecular weight excluding hydrogens is 398 g/mol. The zero-order valence-corrected chi connectivity index (χ0v) is 17.0. The van der Waals surface area contributed by atoms with Gasteiger partial charge in [-0.05, 0) is 43.7 Å². The van der Waals surface area contributed by atoms with Crippen LogP contribution in [0.2, 0.25) is 0 Å². The van der Waals surface area contributed by atoms with Gasteiger partial charge in [0, 0.05) is 11.1 Å². The van der Waals surface area contributed by atoms with Crippen LogP contribution in [-0.2, 0) is 16.1 Å². The second kappa shape index (κ2) is 8.24. The number of nitrogens with one attached hydrogen (secondary N) is 1. The summed E-state index contributed by atoms with van der Waals surface area (Å²) < 4.78 is 17.7. The van der Waals surface area contributed by atoms with Crippen molar-refractivity contribution in [3.8, 4) is 6.07 Å². The third-order valence-corrected chi connectivity index (χ3v) is 5.05. The molecule has 156 valence electrons. The van der Waals surface area contributed by atoms with Crippen LogP contribution in [0.25, 0.3) is 11.0 Å². The van der Waals surface area contributed by atoms with Crippen LogP contribution in [0.15, 0.2) is 57.6 Å². The Balaban J connectivity index is 1.48. The number of nitriles is 1. The van der Waals surface area contributed by atoms with Gasteiger partial charge in [0.2, 0.25) is 5.76 Å². The first-order valence-electron chi connectivity index (χ1n) is 9.55. The normalized spacial score (nSPS) is 10.7. The Morgan fingerprint density at radius 2 is 2.00 bits per heavy atom. The Labute approximate surface area is 177 Å². The number of hydrogen-bond donors (Lipinski definition) is 1. The number of para-hydroxylation sites is 1. The van der Waals surface area contributed by atoms with Gasteiger partial charge in [-0.15, -0.1) is 0 Å². The Morgan fingerprint density at radius 3 is 2.71 bits per heavy atom. The van der Waals surface area contributed by atoms with E-state index in [1.54, 1.807) is 35.1 Å². The highest BCUT2D eigenvalue weighted by atomic mass is 16.5. The van der Waals surface area contributed by atoms with Crippen molar-refractivity contribution in [3.63, 3.8) is 0 Å². The van der Waals surface area contributed by atoms with Crippen LogP contribution in [0.3, 0.4) is 0 Å². The number of carbonyl (C=O) groups excluding carboxylic acids is 2. The van der Waals surface area contributed by atoms with Crippen molar-refractivity contribution >= 4 is 28.7 Å². The first-order chi connectivity index (χ1) is 15.0. The lowest BCUT2D eigenvalue weighted by molar-refractivity contribution is -0.119. The Morgan fingerprint density at radius 1 is 1.19 bits per heavy atom. The molecule has 4 rings (SSSR count). The van der Waals surface area contributed by atoms with Crippen LogP contribution in [-0.4, -0.2) is 23.1 Å². The van der Waals surface area contributed by atoms with Gasteiger partial charge in [0.15, 0.2) is 6.61 Å². The fraction of sp³-hybridized carbons (Fsp3) is 0.174. The Kier molecular flexibility index (Phi) is 5.33. The van der Waals surface area contributed by atoms with E-state index < -0.39 is 18.5 Å². The molecule has 0 atom stereocenters. The molecule has 0 bridgehead atoms. The molecule has 3 heterocycles. The van der Waals surface area contributed by atoms with Gasteiger partial charge < -0.3 is 23.5 Å². The molecular formula is C23H19N3O5. The van der Waals surface area contributed by atoms with E-state index in [4.69, 9.17) is 13.6 Å². The summed E-state index contributed by atoms with van der Waals surface area (Å²) in [4.78, 5) is 24.8. The quantitative estimate of drug-likeness (QED) is 0.472. The van der Waals surface area contributed by atoms with Crippen LogP contribution in [0.5, 0.6) is 0 Å². The molecule has 0 aliphatic carbocycles. The molecule has 1 amide bonds. The number of ether oxygens (including phenoxy) is 1. The van der Waals surface area contributed by atoms with Crippen LogP contribution in [0.4, 0.5) is 5.82 Å². The molecule has 1 N–H and O–H groups in total. The maximum atomic E-state index is 12.5. The van der Waals surface area contributed by atoms with Gasteiger partial charge in [-0.25, -0.2) is 4.79 Å². The molecule has 0 saturated heterocycles. The molecule has 1 aromatic carbocycles. The number of furan rings is 2. The van der Waals surface area contributed by atoms with Crippen molar-refractivity contribution in [2.24, 2.45) is 0 Å². The topological polar surface area (TPSA) is 110 Å². The summed E-state index contributed by atoms with van der Waals surface area (Å²) in [5.41, 5.74) is 2.48. The van der Waals surface area contributed by atoms with Crippen molar-refractivity contribution in [1.29, 1.82) is 5.26 Å². The predicted octanol–water partition coefficient (Wildman–Crippen LogP) is 4.16. The monoisotopic (exact) mass is 417 g/mol. The van der Waals surface area contributed by atoms with E-state index in [0.29, 0.717) is 29.3 Å². The zero-order chi connectivity index (χ0) is 22.0. The van der Waals surface area contributed by atoms with E-state index in [-0.39, 0.29) is 5.76 Å². The highest BCUT2D eigenvalue weighted by Crippen LogP contribution is 2.27. The highest BCUT2D eigenvalue weighted by Gasteiger charge is 2.21. The molecule has 8 heteroatoms. The molecule has 0 unspecified atom stereocenters. The largest absolute Gasteiger partial charge is 0.467 e. The first-order valence-corrected chi connectivity index (χ1v) is 9.55. The Hall–Kier alpha value is -4.25. The SMILES string of the molecule is Cc1c(C#N)c(NC(=O)COC(=O)c2cc3ccccc3o2)n(Cc2ccco2)c1C. The molecule has 0 spiro atoms. The van der Waals surface area contributed by atoms with E-state index in [1.807, 2.05) is 32.0 Å². The molecule has 0 radical (unpaired) electrons. The maximum Gasteiger partial charge on any atom is 0.374 e. The van der Waals surface area contributed by atoms with Crippen LogP contribution in [0, 0.1) is 25.2 Å². The predicted molar refractivity (Wildman–Crippen MR) is 112 cm³/mol. The van der Waals surface area contributed by atoms with Gasteiger partial charge >= 0.3 is 5.97 Å². The van der Waals surface area contributed by atoms with Crippen molar-refractivity contribution in [3.05, 3.63) is 77.1 Å². The molecule has 31 heavy (non-hydrogen) atoms. The number of carbonyl (C=O) groups is 2. The van der Waals surface area contributed by atoms with Crippen molar-refractivity contribution < 1.29 is 23.2 Å². The molecule has 0 fully saturated rings. The Bertz CT molecular complexity index is 1270. The second-order valence-electron chi connectivity index (χ2n) is 6.98. The average molecular weight is 417 g/mol. The summed E-state index contributed by atoms with van der Waals surface area (Å²) in [6.07, 6.45) is 1.56. The number of aromatic nitrogens is 1. The molecule has 0 saturated carbocycles. The van der Waals surface area contributed by atoms with E-state index in [0.717, 1.165) is 16.6 Å². The minimum absolute atomic E-state index is 0.0135. The summed E-state index contributed by atoms with van der Waals surface area (Å²) >= 11 is 0. The molecule has 0 aliphatic heterocycles. The standard InChI is InChI=1S/C23H19N3O5/c1-14-15(2)26(12-17-7-5-9-29-17)22(18(14)11-24)25-21(27)13-30-23(28)20-10-16-6-3-4-8-19(16)31-20/h3-10H,12-13H2,1-2H3,(H,25,27). The fourth-order valence-corrected chi connectivity index (χ4v) is 3.34. The summed E-state index contributed by atoms with van der Waals surface area (Å²) in [6.45, 7) is 3.49.